The van der Waals surface area contributed by atoms with Crippen molar-refractivity contribution >= 4 is 47.6 Å². The van der Waals surface area contributed by atoms with Crippen LogP contribution >= 0.6 is 0 Å². The first kappa shape index (κ1) is 51.7. The lowest BCUT2D eigenvalue weighted by Crippen LogP contribution is -2.60. The van der Waals surface area contributed by atoms with Crippen LogP contribution in [0.3, 0.4) is 0 Å². The summed E-state index contributed by atoms with van der Waals surface area (Å²) in [6, 6.07) is -2.88. The summed E-state index contributed by atoms with van der Waals surface area (Å²) < 4.78 is 0. The van der Waals surface area contributed by atoms with Gasteiger partial charge in [-0.2, -0.15) is 0 Å². The highest BCUT2D eigenvalue weighted by molar-refractivity contribution is 6.02. The van der Waals surface area contributed by atoms with Crippen molar-refractivity contribution in [1.82, 2.24) is 49.8 Å². The lowest BCUT2D eigenvalue weighted by atomic mass is 10.1. The van der Waals surface area contributed by atoms with Crippen LogP contribution in [0.2, 0.25) is 0 Å². The Hall–Kier alpha value is -4.40. The summed E-state index contributed by atoms with van der Waals surface area (Å²) in [7, 11) is 3.40. The molecule has 60 heavy (non-hydrogen) atoms. The average Bonchev–Trinajstić information content (AvgIpc) is 3.13. The third-order valence-electron chi connectivity index (χ3n) is 10.2. The number of carboxylic acids is 6. The van der Waals surface area contributed by atoms with E-state index in [0.717, 1.165) is 4.90 Å². The van der Waals surface area contributed by atoms with Crippen LogP contribution in [0.4, 0.5) is 0 Å². The molecule has 0 bridgehead atoms. The monoisotopic (exact) mass is 860 g/mol. The molecule has 0 spiro atoms. The van der Waals surface area contributed by atoms with Crippen molar-refractivity contribution in [3.63, 3.8) is 0 Å². The highest BCUT2D eigenvalue weighted by Gasteiger charge is 2.40. The topological polar surface area (TPSA) is 308 Å². The number of aliphatic carboxylic acids is 6. The van der Waals surface area contributed by atoms with Crippen molar-refractivity contribution in [2.45, 2.75) is 24.9 Å². The van der Waals surface area contributed by atoms with Crippen LogP contribution in [0.15, 0.2) is 0 Å². The van der Waals surface area contributed by atoms with Gasteiger partial charge in [-0.3, -0.25) is 72.7 Å². The maximum Gasteiger partial charge on any atom is 0.317 e. The summed E-state index contributed by atoms with van der Waals surface area (Å²) in [6.07, 6.45) is -1.48. The summed E-state index contributed by atoms with van der Waals surface area (Å²) in [5.74, 6) is -8.86. The summed E-state index contributed by atoms with van der Waals surface area (Å²) in [5.41, 5.74) is 0. The van der Waals surface area contributed by atoms with Crippen LogP contribution in [0.5, 0.6) is 0 Å². The molecule has 0 radical (unpaired) electrons. The number of imide groups is 1. The summed E-state index contributed by atoms with van der Waals surface area (Å²) in [4.78, 5) is 113. The molecule has 0 aromatic rings. The maximum atomic E-state index is 14.8. The molecule has 24 heteroatoms. The van der Waals surface area contributed by atoms with Gasteiger partial charge in [0.2, 0.25) is 11.8 Å². The van der Waals surface area contributed by atoms with Crippen molar-refractivity contribution in [3.05, 3.63) is 0 Å². The smallest absolute Gasteiger partial charge is 0.317 e. The molecule has 0 aliphatic carbocycles. The number of hydrogen-bond donors (Lipinski definition) is 8. The third kappa shape index (κ3) is 20.7. The molecule has 0 aromatic carbocycles. The molecule has 2 saturated heterocycles. The zero-order valence-electron chi connectivity index (χ0n) is 34.7. The Morgan fingerprint density at radius 3 is 1.03 bits per heavy atom. The molecular formula is C36H64N10O14. The lowest BCUT2D eigenvalue weighted by molar-refractivity contribution is -0.157. The van der Waals surface area contributed by atoms with E-state index in [2.05, 4.69) is 10.6 Å². The first-order valence-corrected chi connectivity index (χ1v) is 20.0. The molecule has 2 aliphatic rings. The minimum Gasteiger partial charge on any atom is -0.481 e. The Bertz CT molecular complexity index is 1340. The Kier molecular flexibility index (Phi) is 23.7. The van der Waals surface area contributed by atoms with Gasteiger partial charge in [-0.1, -0.05) is 0 Å². The minimum atomic E-state index is -1.44. The van der Waals surface area contributed by atoms with Crippen molar-refractivity contribution in [2.75, 3.05) is 158 Å². The van der Waals surface area contributed by atoms with Gasteiger partial charge in [0.25, 0.3) is 0 Å². The fourth-order valence-electron chi connectivity index (χ4n) is 7.03. The van der Waals surface area contributed by atoms with Crippen LogP contribution in [-0.4, -0.2) is 288 Å². The molecule has 2 fully saturated rings. The normalized spacial score (nSPS) is 19.7. The van der Waals surface area contributed by atoms with E-state index in [-0.39, 0.29) is 105 Å². The highest BCUT2D eigenvalue weighted by Crippen LogP contribution is 2.16. The van der Waals surface area contributed by atoms with Crippen LogP contribution in [0.25, 0.3) is 0 Å². The fraction of sp³-hybridized carbons (Fsp3) is 0.778. The van der Waals surface area contributed by atoms with Crippen molar-refractivity contribution in [3.8, 4) is 0 Å². The number of hydrogen-bond acceptors (Lipinski definition) is 17. The first-order chi connectivity index (χ1) is 28.4. The number of carbonyl (C=O) groups excluding carboxylic acids is 2. The van der Waals surface area contributed by atoms with Crippen LogP contribution in [0.1, 0.15) is 12.8 Å². The van der Waals surface area contributed by atoms with Gasteiger partial charge in [-0.25, -0.2) is 0 Å². The number of likely N-dealkylation sites (N-methyl/N-ethyl adjacent to an activating group) is 1. The number of carbonyl (C=O) groups is 8. The molecular weight excluding hydrogens is 796 g/mol. The Morgan fingerprint density at radius 1 is 0.433 bits per heavy atom. The van der Waals surface area contributed by atoms with E-state index in [0.29, 0.717) is 26.2 Å². The molecule has 0 saturated carbocycles. The van der Waals surface area contributed by atoms with E-state index in [1.54, 1.807) is 48.4 Å². The highest BCUT2D eigenvalue weighted by atomic mass is 16.4. The molecule has 24 nitrogen and oxygen atoms in total. The van der Waals surface area contributed by atoms with E-state index < -0.39 is 85.6 Å². The third-order valence-corrected chi connectivity index (χ3v) is 10.2. The van der Waals surface area contributed by atoms with Gasteiger partial charge in [0, 0.05) is 118 Å². The van der Waals surface area contributed by atoms with Gasteiger partial charge in [0.1, 0.15) is 12.1 Å². The van der Waals surface area contributed by atoms with E-state index in [4.69, 9.17) is 0 Å². The molecule has 2 aliphatic heterocycles. The van der Waals surface area contributed by atoms with Gasteiger partial charge in [-0.15, -0.1) is 0 Å². The molecule has 2 rings (SSSR count). The predicted octanol–water partition coefficient (Wildman–Crippen LogP) is -5.05. The Balaban J connectivity index is 2.53. The number of nitrogens with zero attached hydrogens (tertiary/aromatic N) is 8. The van der Waals surface area contributed by atoms with E-state index in [1.807, 2.05) is 0 Å². The number of rotatable bonds is 19. The van der Waals surface area contributed by atoms with Crippen LogP contribution in [0, 0.1) is 0 Å². The second kappa shape index (κ2) is 27.4. The van der Waals surface area contributed by atoms with Gasteiger partial charge in [-0.05, 0) is 14.1 Å². The second-order valence-corrected chi connectivity index (χ2v) is 15.1. The number of carboxylic acid groups (broad SMARTS) is 6. The van der Waals surface area contributed by atoms with Gasteiger partial charge >= 0.3 is 35.8 Å². The summed E-state index contributed by atoms with van der Waals surface area (Å²) in [6.45, 7) is 1.29. The average molecular weight is 861 g/mol. The summed E-state index contributed by atoms with van der Waals surface area (Å²) >= 11 is 0. The molecule has 2 unspecified atom stereocenters. The zero-order valence-corrected chi connectivity index (χ0v) is 34.7. The second-order valence-electron chi connectivity index (χ2n) is 15.1. The molecule has 2 amide bonds. The zero-order chi connectivity index (χ0) is 44.8. The molecule has 342 valence electrons. The maximum absolute atomic E-state index is 14.8. The molecule has 0 aromatic heterocycles. The van der Waals surface area contributed by atoms with Crippen molar-refractivity contribution in [2.24, 2.45) is 0 Å². The van der Waals surface area contributed by atoms with Gasteiger partial charge in [0.15, 0.2) is 0 Å². The van der Waals surface area contributed by atoms with Crippen molar-refractivity contribution in [1.29, 1.82) is 0 Å². The minimum absolute atomic E-state index is 0.00700. The van der Waals surface area contributed by atoms with Crippen LogP contribution in [-0.2, 0) is 38.4 Å². The summed E-state index contributed by atoms with van der Waals surface area (Å²) in [5, 5.41) is 64.5. The Labute approximate surface area is 349 Å². The largest absolute Gasteiger partial charge is 0.481 e. The van der Waals surface area contributed by atoms with Crippen molar-refractivity contribution < 1.29 is 69.0 Å². The molecule has 2 heterocycles. The van der Waals surface area contributed by atoms with Crippen LogP contribution < -0.4 is 10.6 Å². The fourth-order valence-corrected chi connectivity index (χ4v) is 7.03. The Morgan fingerprint density at radius 2 is 0.733 bits per heavy atom. The standard InChI is InChI=1S/C36H64N10O14/c1-39(2)11-20-46(35(59)27(21-29(47)48)44-9-5-37-3-7-40(23-31(51)52)12-14-42(16-18-44)25-33(55)56)36(60)28(22-30(49)50)45-10-6-38-4-8-41(24-32(53)54)13-15-43(17-19-45)26-34(57)58/h27-28,37-38H,3-26H2,1-2H3,(H,47,48)(H,49,50)(H,51,52)(H,53,54)(H,55,56)(H,57,58). The lowest BCUT2D eigenvalue weighted by Gasteiger charge is -2.38. The van der Waals surface area contributed by atoms with E-state index in [1.165, 1.54) is 0 Å². The predicted molar refractivity (Wildman–Crippen MR) is 213 cm³/mol. The van der Waals surface area contributed by atoms with E-state index >= 15 is 0 Å². The van der Waals surface area contributed by atoms with Gasteiger partial charge in [0.05, 0.1) is 39.0 Å². The molecule has 8 N–H and O–H groups in total. The SMILES string of the molecule is CN(C)CCN(C(=O)C(CC(=O)O)N1CCNCCN(CC(=O)O)CCN(CC(=O)O)CC1)C(=O)C(CC(=O)O)N1CCNCCN(CC(=O)O)CCN(CC(=O)O)CC1. The van der Waals surface area contributed by atoms with E-state index in [9.17, 15) is 69.0 Å². The number of nitrogens with one attached hydrogen (secondary N) is 2. The number of amides is 2. The van der Waals surface area contributed by atoms with Gasteiger partial charge < -0.3 is 46.2 Å². The first-order valence-electron chi connectivity index (χ1n) is 20.0. The quantitative estimate of drug-likeness (QED) is 0.0603. The molecule has 2 atom stereocenters.